The molecule has 3 amide bonds. The maximum absolute atomic E-state index is 12.1. The van der Waals surface area contributed by atoms with E-state index in [1.165, 1.54) is 12.1 Å². The number of non-ortho nitro benzene ring substituents is 1. The van der Waals surface area contributed by atoms with Crippen molar-refractivity contribution in [2.24, 2.45) is 5.73 Å². The minimum Gasteiger partial charge on any atom is -0.351 e. The zero-order valence-electron chi connectivity index (χ0n) is 11.6. The molecule has 0 aromatic heterocycles. The van der Waals surface area contributed by atoms with Gasteiger partial charge in [0.1, 0.15) is 0 Å². The smallest absolute Gasteiger partial charge is 0.316 e. The number of carbonyl (C=O) groups is 2. The van der Waals surface area contributed by atoms with Crippen molar-refractivity contribution in [1.82, 2.24) is 0 Å². The summed E-state index contributed by atoms with van der Waals surface area (Å²) in [5.41, 5.74) is 5.83. The molecule has 2 aromatic carbocycles. The number of anilines is 2. The van der Waals surface area contributed by atoms with Gasteiger partial charge in [-0.15, -0.1) is 0 Å². The van der Waals surface area contributed by atoms with Crippen LogP contribution in [0.3, 0.4) is 0 Å². The number of primary amides is 1. The lowest BCUT2D eigenvalue weighted by Crippen LogP contribution is -2.19. The second-order valence-electron chi connectivity index (χ2n) is 4.44. The summed E-state index contributed by atoms with van der Waals surface area (Å²) in [5.74, 6) is -0.513. The molecule has 0 saturated heterocycles. The van der Waals surface area contributed by atoms with Crippen molar-refractivity contribution < 1.29 is 14.5 Å². The second kappa shape index (κ2) is 6.75. The first-order valence-corrected chi connectivity index (χ1v) is 6.66. The van der Waals surface area contributed by atoms with E-state index >= 15 is 0 Å². The number of nitrogens with zero attached hydrogens (tertiary/aromatic N) is 1. The fourth-order valence-corrected chi connectivity index (χ4v) is 2.04. The summed E-state index contributed by atoms with van der Waals surface area (Å²) in [4.78, 5) is 32.9. The Bertz CT molecular complexity index is 777. The van der Waals surface area contributed by atoms with Gasteiger partial charge in [0.05, 0.1) is 15.5 Å². The highest BCUT2D eigenvalue weighted by atomic mass is 35.5. The van der Waals surface area contributed by atoms with E-state index < -0.39 is 16.9 Å². The fourth-order valence-electron chi connectivity index (χ4n) is 1.78. The van der Waals surface area contributed by atoms with E-state index in [9.17, 15) is 19.7 Å². The molecule has 0 heterocycles. The van der Waals surface area contributed by atoms with Gasteiger partial charge in [-0.05, 0) is 30.3 Å². The Labute approximate surface area is 135 Å². The molecular weight excluding hydrogens is 324 g/mol. The number of rotatable bonds is 4. The van der Waals surface area contributed by atoms with E-state index in [-0.39, 0.29) is 16.3 Å². The molecule has 0 fully saturated rings. The quantitative estimate of drug-likeness (QED) is 0.586. The molecule has 0 aliphatic heterocycles. The number of nitrogens with two attached hydrogens (primary N) is 1. The molecule has 2 rings (SSSR count). The summed E-state index contributed by atoms with van der Waals surface area (Å²) >= 11 is 5.89. The number of amides is 3. The minimum absolute atomic E-state index is 0.0243. The predicted molar refractivity (Wildman–Crippen MR) is 85.7 cm³/mol. The van der Waals surface area contributed by atoms with Crippen LogP contribution >= 0.6 is 11.6 Å². The number of halogens is 1. The van der Waals surface area contributed by atoms with Crippen LogP contribution in [-0.2, 0) is 0 Å². The van der Waals surface area contributed by atoms with Crippen LogP contribution < -0.4 is 16.4 Å². The predicted octanol–water partition coefficient (Wildman–Crippen LogP) is 2.99. The number of nitrogens with one attached hydrogen (secondary N) is 2. The Morgan fingerprint density at radius 2 is 1.61 bits per heavy atom. The standard InChI is InChI=1S/C14H11ClN4O4/c15-12-7-10(19(22)23)5-6-11(12)13(20)17-8-1-3-9(4-2-8)18-14(16)21/h1-7H,(H,17,20)(H3,16,18,21). The van der Waals surface area contributed by atoms with Crippen molar-refractivity contribution >= 4 is 40.6 Å². The lowest BCUT2D eigenvalue weighted by atomic mass is 10.2. The molecule has 9 heteroatoms. The van der Waals surface area contributed by atoms with Crippen molar-refractivity contribution in [3.8, 4) is 0 Å². The third kappa shape index (κ3) is 4.17. The van der Waals surface area contributed by atoms with Gasteiger partial charge in [0.2, 0.25) is 0 Å². The van der Waals surface area contributed by atoms with Crippen molar-refractivity contribution in [3.63, 3.8) is 0 Å². The van der Waals surface area contributed by atoms with Gasteiger partial charge in [-0.2, -0.15) is 0 Å². The summed E-state index contributed by atoms with van der Waals surface area (Å²) in [5, 5.41) is 15.6. The van der Waals surface area contributed by atoms with Crippen LogP contribution in [0.1, 0.15) is 10.4 Å². The Morgan fingerprint density at radius 3 is 2.09 bits per heavy atom. The molecule has 0 aliphatic rings. The number of nitro benzene ring substituents is 1. The van der Waals surface area contributed by atoms with Gasteiger partial charge in [0.15, 0.2) is 0 Å². The Kier molecular flexibility index (Phi) is 4.77. The molecule has 2 aromatic rings. The van der Waals surface area contributed by atoms with E-state index in [0.29, 0.717) is 11.4 Å². The Balaban J connectivity index is 2.12. The number of benzene rings is 2. The molecular formula is C14H11ClN4O4. The van der Waals surface area contributed by atoms with Gasteiger partial charge in [0, 0.05) is 23.5 Å². The van der Waals surface area contributed by atoms with E-state index in [1.807, 2.05) is 0 Å². The Morgan fingerprint density at radius 1 is 1.04 bits per heavy atom. The topological polar surface area (TPSA) is 127 Å². The second-order valence-corrected chi connectivity index (χ2v) is 4.85. The van der Waals surface area contributed by atoms with Gasteiger partial charge in [0.25, 0.3) is 11.6 Å². The van der Waals surface area contributed by atoms with Gasteiger partial charge >= 0.3 is 6.03 Å². The van der Waals surface area contributed by atoms with Gasteiger partial charge in [-0.3, -0.25) is 14.9 Å². The van der Waals surface area contributed by atoms with Crippen LogP contribution in [0.15, 0.2) is 42.5 Å². The zero-order chi connectivity index (χ0) is 17.0. The first kappa shape index (κ1) is 16.2. The zero-order valence-corrected chi connectivity index (χ0v) is 12.3. The summed E-state index contributed by atoms with van der Waals surface area (Å²) in [6.45, 7) is 0. The number of carbonyl (C=O) groups excluding carboxylic acids is 2. The Hall–Kier alpha value is -3.13. The SMILES string of the molecule is NC(=O)Nc1ccc(NC(=O)c2ccc([N+](=O)[O-])cc2Cl)cc1. The van der Waals surface area contributed by atoms with Crippen LogP contribution in [0.4, 0.5) is 21.9 Å². The molecule has 23 heavy (non-hydrogen) atoms. The minimum atomic E-state index is -0.695. The summed E-state index contributed by atoms with van der Waals surface area (Å²) in [7, 11) is 0. The highest BCUT2D eigenvalue weighted by molar-refractivity contribution is 6.34. The highest BCUT2D eigenvalue weighted by Crippen LogP contribution is 2.23. The molecule has 0 spiro atoms. The molecule has 0 radical (unpaired) electrons. The summed E-state index contributed by atoms with van der Waals surface area (Å²) < 4.78 is 0. The molecule has 0 aliphatic carbocycles. The molecule has 8 nitrogen and oxygen atoms in total. The fraction of sp³-hybridized carbons (Fsp3) is 0. The molecule has 0 saturated carbocycles. The summed E-state index contributed by atoms with van der Waals surface area (Å²) in [6, 6.07) is 9.11. The lowest BCUT2D eigenvalue weighted by Gasteiger charge is -2.08. The molecule has 4 N–H and O–H groups in total. The van der Waals surface area contributed by atoms with Crippen LogP contribution in [0.2, 0.25) is 5.02 Å². The third-order valence-corrected chi connectivity index (χ3v) is 3.13. The van der Waals surface area contributed by atoms with Crippen molar-refractivity contribution in [1.29, 1.82) is 0 Å². The molecule has 0 bridgehead atoms. The van der Waals surface area contributed by atoms with E-state index in [0.717, 1.165) is 6.07 Å². The normalized spacial score (nSPS) is 9.96. The molecule has 0 unspecified atom stereocenters. The average molecular weight is 335 g/mol. The number of hydrogen-bond acceptors (Lipinski definition) is 4. The van der Waals surface area contributed by atoms with Crippen molar-refractivity contribution in [3.05, 3.63) is 63.2 Å². The van der Waals surface area contributed by atoms with Crippen LogP contribution in [0, 0.1) is 10.1 Å². The van der Waals surface area contributed by atoms with E-state index in [2.05, 4.69) is 10.6 Å². The van der Waals surface area contributed by atoms with Gasteiger partial charge in [-0.1, -0.05) is 11.6 Å². The van der Waals surface area contributed by atoms with Crippen molar-refractivity contribution in [2.75, 3.05) is 10.6 Å². The van der Waals surface area contributed by atoms with Crippen molar-refractivity contribution in [2.45, 2.75) is 0 Å². The van der Waals surface area contributed by atoms with Crippen LogP contribution in [0.25, 0.3) is 0 Å². The maximum atomic E-state index is 12.1. The maximum Gasteiger partial charge on any atom is 0.316 e. The van der Waals surface area contributed by atoms with E-state index in [4.69, 9.17) is 17.3 Å². The largest absolute Gasteiger partial charge is 0.351 e. The van der Waals surface area contributed by atoms with Gasteiger partial charge < -0.3 is 16.4 Å². The number of nitro groups is 1. The van der Waals surface area contributed by atoms with Crippen LogP contribution in [0.5, 0.6) is 0 Å². The number of urea groups is 1. The third-order valence-electron chi connectivity index (χ3n) is 2.82. The summed E-state index contributed by atoms with van der Waals surface area (Å²) in [6.07, 6.45) is 0. The average Bonchev–Trinajstić information content (AvgIpc) is 2.48. The first-order valence-electron chi connectivity index (χ1n) is 6.28. The first-order chi connectivity index (χ1) is 10.9. The highest BCUT2D eigenvalue weighted by Gasteiger charge is 2.15. The molecule has 118 valence electrons. The number of hydrogen-bond donors (Lipinski definition) is 3. The molecule has 0 atom stereocenters. The van der Waals surface area contributed by atoms with E-state index in [1.54, 1.807) is 24.3 Å². The van der Waals surface area contributed by atoms with Gasteiger partial charge in [-0.25, -0.2) is 4.79 Å². The lowest BCUT2D eigenvalue weighted by molar-refractivity contribution is -0.384. The monoisotopic (exact) mass is 334 g/mol. The van der Waals surface area contributed by atoms with Crippen LogP contribution in [-0.4, -0.2) is 16.9 Å².